The predicted molar refractivity (Wildman–Crippen MR) is 68.1 cm³/mol. The second kappa shape index (κ2) is 5.80. The van der Waals surface area contributed by atoms with Crippen molar-refractivity contribution in [2.24, 2.45) is 0 Å². The molecule has 0 aliphatic rings. The average molecular weight is 264 g/mol. The van der Waals surface area contributed by atoms with E-state index in [2.05, 4.69) is 0 Å². The van der Waals surface area contributed by atoms with Gasteiger partial charge in [-0.15, -0.1) is 0 Å². The Morgan fingerprint density at radius 2 is 1.74 bits per heavy atom. The molecule has 2 aromatic carbocycles. The lowest BCUT2D eigenvalue weighted by Crippen LogP contribution is -2.00. The van der Waals surface area contributed by atoms with Gasteiger partial charge in [-0.25, -0.2) is 4.39 Å². The molecule has 19 heavy (non-hydrogen) atoms. The molecular weight excluding hydrogens is 250 g/mol. The molecule has 0 saturated heterocycles. The summed E-state index contributed by atoms with van der Waals surface area (Å²) < 4.78 is 32.0. The Bertz CT molecular complexity index is 570. The van der Waals surface area contributed by atoms with Crippen molar-refractivity contribution in [3.05, 3.63) is 59.7 Å². The minimum absolute atomic E-state index is 0.198. The Morgan fingerprint density at radius 1 is 1.05 bits per heavy atom. The van der Waals surface area contributed by atoms with Gasteiger partial charge in [0.2, 0.25) is 5.82 Å². The number of aliphatic hydroxyl groups is 1. The molecule has 0 aliphatic heterocycles. The first-order valence-corrected chi connectivity index (χ1v) is 6.02. The highest BCUT2D eigenvalue weighted by molar-refractivity contribution is 5.39. The molecule has 0 radical (unpaired) electrons. The number of ether oxygens (including phenoxy) is 1. The van der Waals surface area contributed by atoms with Gasteiger partial charge in [-0.2, -0.15) is 4.39 Å². The molecule has 0 unspecified atom stereocenters. The Hall–Kier alpha value is -1.94. The second-order valence-corrected chi connectivity index (χ2v) is 4.12. The van der Waals surface area contributed by atoms with E-state index in [0.29, 0.717) is 17.7 Å². The summed E-state index contributed by atoms with van der Waals surface area (Å²) in [6.45, 7) is 1.82. The van der Waals surface area contributed by atoms with Crippen LogP contribution in [-0.4, -0.2) is 5.11 Å². The summed E-state index contributed by atoms with van der Waals surface area (Å²) in [5.41, 5.74) is 0.550. The van der Waals surface area contributed by atoms with Crippen LogP contribution >= 0.6 is 0 Å². The predicted octanol–water partition coefficient (Wildman–Crippen LogP) is 4.20. The molecule has 0 spiro atoms. The number of para-hydroxylation sites is 1. The molecule has 2 aromatic rings. The van der Waals surface area contributed by atoms with Crippen LogP contribution in [0.2, 0.25) is 0 Å². The van der Waals surface area contributed by atoms with Crippen LogP contribution in [0.3, 0.4) is 0 Å². The highest BCUT2D eigenvalue weighted by Crippen LogP contribution is 2.32. The monoisotopic (exact) mass is 264 g/mol. The van der Waals surface area contributed by atoms with Crippen molar-refractivity contribution in [1.29, 1.82) is 0 Å². The zero-order valence-electron chi connectivity index (χ0n) is 10.4. The SMILES string of the molecule is CC[C@H](O)c1ccccc1Oc1cccc(F)c1F. The Kier molecular flexibility index (Phi) is 4.12. The lowest BCUT2D eigenvalue weighted by Gasteiger charge is -2.15. The maximum atomic E-state index is 13.5. The molecule has 0 aliphatic carbocycles. The zero-order valence-corrected chi connectivity index (χ0v) is 10.4. The van der Waals surface area contributed by atoms with Crippen molar-refractivity contribution >= 4 is 0 Å². The molecule has 0 aromatic heterocycles. The minimum Gasteiger partial charge on any atom is -0.454 e. The summed E-state index contributed by atoms with van der Waals surface area (Å²) in [6.07, 6.45) is -0.195. The summed E-state index contributed by atoms with van der Waals surface area (Å²) in [6, 6.07) is 10.5. The molecule has 0 bridgehead atoms. The van der Waals surface area contributed by atoms with Crippen LogP contribution in [0.15, 0.2) is 42.5 Å². The van der Waals surface area contributed by atoms with Crippen molar-refractivity contribution < 1.29 is 18.6 Å². The molecular formula is C15H14F2O2. The standard InChI is InChI=1S/C15H14F2O2/c1-2-12(18)10-6-3-4-8-13(10)19-14-9-5-7-11(16)15(14)17/h3-9,12,18H,2H2,1H3/t12-/m0/s1. The van der Waals surface area contributed by atoms with Gasteiger partial charge in [0, 0.05) is 5.56 Å². The molecule has 4 heteroatoms. The molecule has 0 fully saturated rings. The van der Waals surface area contributed by atoms with E-state index >= 15 is 0 Å². The van der Waals surface area contributed by atoms with Crippen molar-refractivity contribution in [1.82, 2.24) is 0 Å². The van der Waals surface area contributed by atoms with Gasteiger partial charge in [0.05, 0.1) is 6.10 Å². The third-order valence-electron chi connectivity index (χ3n) is 2.80. The minimum atomic E-state index is -1.04. The number of hydrogen-bond donors (Lipinski definition) is 1. The molecule has 0 amide bonds. The third-order valence-corrected chi connectivity index (χ3v) is 2.80. The lowest BCUT2D eigenvalue weighted by molar-refractivity contribution is 0.170. The fourth-order valence-electron chi connectivity index (χ4n) is 1.75. The van der Waals surface area contributed by atoms with E-state index in [0.717, 1.165) is 6.07 Å². The maximum absolute atomic E-state index is 13.5. The first-order valence-electron chi connectivity index (χ1n) is 6.02. The molecule has 2 nitrogen and oxygen atoms in total. The van der Waals surface area contributed by atoms with E-state index in [4.69, 9.17) is 4.74 Å². The van der Waals surface area contributed by atoms with Crippen LogP contribution in [-0.2, 0) is 0 Å². The normalized spacial score (nSPS) is 12.2. The van der Waals surface area contributed by atoms with Gasteiger partial charge in [-0.1, -0.05) is 31.2 Å². The highest BCUT2D eigenvalue weighted by atomic mass is 19.2. The van der Waals surface area contributed by atoms with Crippen LogP contribution in [0.4, 0.5) is 8.78 Å². The maximum Gasteiger partial charge on any atom is 0.201 e. The van der Waals surface area contributed by atoms with Crippen LogP contribution in [0, 0.1) is 11.6 Å². The van der Waals surface area contributed by atoms with Gasteiger partial charge in [-0.3, -0.25) is 0 Å². The van der Waals surface area contributed by atoms with Crippen molar-refractivity contribution in [2.75, 3.05) is 0 Å². The molecule has 1 atom stereocenters. The number of benzene rings is 2. The topological polar surface area (TPSA) is 29.5 Å². The summed E-state index contributed by atoms with van der Waals surface area (Å²) >= 11 is 0. The molecule has 100 valence electrons. The largest absolute Gasteiger partial charge is 0.454 e. The summed E-state index contributed by atoms with van der Waals surface area (Å²) in [7, 11) is 0. The molecule has 2 rings (SSSR count). The van der Waals surface area contributed by atoms with Gasteiger partial charge >= 0.3 is 0 Å². The van der Waals surface area contributed by atoms with E-state index in [1.54, 1.807) is 24.3 Å². The Morgan fingerprint density at radius 3 is 2.47 bits per heavy atom. The van der Waals surface area contributed by atoms with Crippen LogP contribution in [0.5, 0.6) is 11.5 Å². The molecule has 1 N–H and O–H groups in total. The lowest BCUT2D eigenvalue weighted by atomic mass is 10.1. The van der Waals surface area contributed by atoms with E-state index in [9.17, 15) is 13.9 Å². The summed E-state index contributed by atoms with van der Waals surface area (Å²) in [5, 5.41) is 9.86. The van der Waals surface area contributed by atoms with Gasteiger partial charge in [0.1, 0.15) is 5.75 Å². The van der Waals surface area contributed by atoms with Crippen LogP contribution in [0.1, 0.15) is 25.0 Å². The third kappa shape index (κ3) is 2.90. The fourth-order valence-corrected chi connectivity index (χ4v) is 1.75. The highest BCUT2D eigenvalue weighted by Gasteiger charge is 2.15. The van der Waals surface area contributed by atoms with Gasteiger partial charge in [0.15, 0.2) is 11.6 Å². The van der Waals surface area contributed by atoms with Crippen molar-refractivity contribution in [3.8, 4) is 11.5 Å². The molecule has 0 saturated carbocycles. The quantitative estimate of drug-likeness (QED) is 0.896. The number of rotatable bonds is 4. The van der Waals surface area contributed by atoms with E-state index < -0.39 is 17.7 Å². The Labute approximate surface area is 110 Å². The van der Waals surface area contributed by atoms with Gasteiger partial charge in [-0.05, 0) is 24.6 Å². The number of halogens is 2. The van der Waals surface area contributed by atoms with Crippen molar-refractivity contribution in [2.45, 2.75) is 19.4 Å². The fraction of sp³-hybridized carbons (Fsp3) is 0.200. The zero-order chi connectivity index (χ0) is 13.8. The van der Waals surface area contributed by atoms with Crippen LogP contribution < -0.4 is 4.74 Å². The number of hydrogen-bond acceptors (Lipinski definition) is 2. The number of aliphatic hydroxyl groups excluding tert-OH is 1. The van der Waals surface area contributed by atoms with E-state index in [1.807, 2.05) is 6.92 Å². The second-order valence-electron chi connectivity index (χ2n) is 4.12. The average Bonchev–Trinajstić information content (AvgIpc) is 2.43. The van der Waals surface area contributed by atoms with Crippen LogP contribution in [0.25, 0.3) is 0 Å². The summed E-state index contributed by atoms with van der Waals surface area (Å²) in [4.78, 5) is 0. The van der Waals surface area contributed by atoms with Crippen molar-refractivity contribution in [3.63, 3.8) is 0 Å². The van der Waals surface area contributed by atoms with Gasteiger partial charge < -0.3 is 9.84 Å². The summed E-state index contributed by atoms with van der Waals surface area (Å²) in [5.74, 6) is -1.88. The smallest absolute Gasteiger partial charge is 0.201 e. The molecule has 0 heterocycles. The van der Waals surface area contributed by atoms with Gasteiger partial charge in [0.25, 0.3) is 0 Å². The first-order chi connectivity index (χ1) is 9.13. The van der Waals surface area contributed by atoms with E-state index in [-0.39, 0.29) is 5.75 Å². The first kappa shape index (κ1) is 13.5. The van der Waals surface area contributed by atoms with E-state index in [1.165, 1.54) is 12.1 Å². The Balaban J connectivity index is 2.36.